The van der Waals surface area contributed by atoms with Crippen LogP contribution in [0.1, 0.15) is 11.3 Å². The van der Waals surface area contributed by atoms with E-state index in [0.717, 1.165) is 28.3 Å². The molecule has 2 aromatic heterocycles. The Morgan fingerprint density at radius 3 is 2.86 bits per heavy atom. The molecular formula is C16H16ClN3O. The van der Waals surface area contributed by atoms with E-state index in [2.05, 4.69) is 4.98 Å². The summed E-state index contributed by atoms with van der Waals surface area (Å²) in [5.41, 5.74) is 10.4. The van der Waals surface area contributed by atoms with E-state index in [1.54, 1.807) is 7.11 Å². The monoisotopic (exact) mass is 301 g/mol. The van der Waals surface area contributed by atoms with Gasteiger partial charge in [0.1, 0.15) is 5.75 Å². The van der Waals surface area contributed by atoms with Crippen LogP contribution in [0.25, 0.3) is 16.9 Å². The summed E-state index contributed by atoms with van der Waals surface area (Å²) in [6, 6.07) is 9.70. The first-order valence-electron chi connectivity index (χ1n) is 6.66. The second-order valence-electron chi connectivity index (χ2n) is 4.86. The van der Waals surface area contributed by atoms with E-state index in [0.29, 0.717) is 17.2 Å². The summed E-state index contributed by atoms with van der Waals surface area (Å²) in [4.78, 5) is 4.67. The van der Waals surface area contributed by atoms with Crippen LogP contribution in [0.3, 0.4) is 0 Å². The summed E-state index contributed by atoms with van der Waals surface area (Å²) in [6.45, 7) is 2.40. The summed E-state index contributed by atoms with van der Waals surface area (Å²) in [5, 5.41) is 0.602. The number of nitrogens with zero attached hydrogens (tertiary/aromatic N) is 2. The Kier molecular flexibility index (Phi) is 3.57. The van der Waals surface area contributed by atoms with E-state index in [9.17, 15) is 0 Å². The van der Waals surface area contributed by atoms with Crippen molar-refractivity contribution in [3.05, 3.63) is 52.8 Å². The molecule has 3 aromatic rings. The number of rotatable bonds is 3. The van der Waals surface area contributed by atoms with Crippen molar-refractivity contribution in [2.45, 2.75) is 13.5 Å². The maximum absolute atomic E-state index is 6.24. The van der Waals surface area contributed by atoms with Crippen LogP contribution < -0.4 is 10.5 Å². The number of halogens is 1. The van der Waals surface area contributed by atoms with Crippen LogP contribution in [0.15, 0.2) is 36.5 Å². The molecule has 0 amide bonds. The SMILES string of the molecule is COc1ccc(C)cc1-c1nc2c(Cl)cccn2c1CN. The molecule has 5 heteroatoms. The van der Waals surface area contributed by atoms with E-state index >= 15 is 0 Å². The molecule has 0 unspecified atom stereocenters. The van der Waals surface area contributed by atoms with Gasteiger partial charge in [-0.2, -0.15) is 0 Å². The fourth-order valence-corrected chi connectivity index (χ4v) is 2.71. The Labute approximate surface area is 128 Å². The number of ether oxygens (including phenoxy) is 1. The molecule has 0 bridgehead atoms. The van der Waals surface area contributed by atoms with Crippen LogP contribution in [0.2, 0.25) is 5.02 Å². The number of hydrogen-bond donors (Lipinski definition) is 1. The van der Waals surface area contributed by atoms with Crippen molar-refractivity contribution in [1.29, 1.82) is 0 Å². The summed E-state index contributed by atoms with van der Waals surface area (Å²) in [6.07, 6.45) is 1.92. The van der Waals surface area contributed by atoms with Gasteiger partial charge in [-0.1, -0.05) is 23.2 Å². The minimum Gasteiger partial charge on any atom is -0.496 e. The number of aryl methyl sites for hydroxylation is 1. The van der Waals surface area contributed by atoms with E-state index in [4.69, 9.17) is 22.1 Å². The second kappa shape index (κ2) is 5.39. The maximum atomic E-state index is 6.24. The van der Waals surface area contributed by atoms with Crippen molar-refractivity contribution in [1.82, 2.24) is 9.38 Å². The average molecular weight is 302 g/mol. The lowest BCUT2D eigenvalue weighted by Crippen LogP contribution is -2.03. The van der Waals surface area contributed by atoms with Crippen LogP contribution in [0.5, 0.6) is 5.75 Å². The molecule has 2 heterocycles. The van der Waals surface area contributed by atoms with Gasteiger partial charge in [0.2, 0.25) is 0 Å². The molecule has 0 spiro atoms. The van der Waals surface area contributed by atoms with Gasteiger partial charge in [0, 0.05) is 18.3 Å². The lowest BCUT2D eigenvalue weighted by Gasteiger charge is -2.09. The third-order valence-corrected chi connectivity index (χ3v) is 3.80. The largest absolute Gasteiger partial charge is 0.496 e. The number of hydrogen-bond acceptors (Lipinski definition) is 3. The zero-order valence-corrected chi connectivity index (χ0v) is 12.7. The Morgan fingerprint density at radius 2 is 2.14 bits per heavy atom. The number of aromatic nitrogens is 2. The molecule has 21 heavy (non-hydrogen) atoms. The lowest BCUT2D eigenvalue weighted by atomic mass is 10.1. The molecule has 2 N–H and O–H groups in total. The summed E-state index contributed by atoms with van der Waals surface area (Å²) in [5.74, 6) is 0.773. The van der Waals surface area contributed by atoms with Gasteiger partial charge in [-0.15, -0.1) is 0 Å². The molecular weight excluding hydrogens is 286 g/mol. The number of imidazole rings is 1. The highest BCUT2D eigenvalue weighted by Crippen LogP contribution is 2.34. The van der Waals surface area contributed by atoms with E-state index in [1.807, 2.05) is 47.9 Å². The Hall–Kier alpha value is -2.04. The highest BCUT2D eigenvalue weighted by Gasteiger charge is 2.17. The third-order valence-electron chi connectivity index (χ3n) is 3.50. The van der Waals surface area contributed by atoms with Crippen molar-refractivity contribution < 1.29 is 4.74 Å². The smallest absolute Gasteiger partial charge is 0.156 e. The molecule has 108 valence electrons. The fraction of sp³-hybridized carbons (Fsp3) is 0.188. The molecule has 3 rings (SSSR count). The van der Waals surface area contributed by atoms with Crippen LogP contribution in [0, 0.1) is 6.92 Å². The quantitative estimate of drug-likeness (QED) is 0.806. The molecule has 1 aromatic carbocycles. The van der Waals surface area contributed by atoms with Gasteiger partial charge in [-0.3, -0.25) is 0 Å². The van der Waals surface area contributed by atoms with Gasteiger partial charge in [0.05, 0.1) is 23.5 Å². The highest BCUT2D eigenvalue weighted by molar-refractivity contribution is 6.33. The van der Waals surface area contributed by atoms with Crippen LogP contribution in [0.4, 0.5) is 0 Å². The molecule has 0 saturated heterocycles. The fourth-order valence-electron chi connectivity index (χ4n) is 2.50. The number of fused-ring (bicyclic) bond motifs is 1. The van der Waals surface area contributed by atoms with Gasteiger partial charge in [-0.05, 0) is 31.2 Å². The standard InChI is InChI=1S/C16H16ClN3O/c1-10-5-6-14(21-2)11(8-10)15-13(9-18)20-7-3-4-12(17)16(20)19-15/h3-8H,9,18H2,1-2H3. The lowest BCUT2D eigenvalue weighted by molar-refractivity contribution is 0.416. The van der Waals surface area contributed by atoms with Gasteiger partial charge in [0.15, 0.2) is 5.65 Å². The number of pyridine rings is 1. The maximum Gasteiger partial charge on any atom is 0.156 e. The molecule has 0 fully saturated rings. The van der Waals surface area contributed by atoms with Crippen molar-refractivity contribution >= 4 is 17.2 Å². The van der Waals surface area contributed by atoms with Crippen LogP contribution in [-0.2, 0) is 6.54 Å². The average Bonchev–Trinajstić information content (AvgIpc) is 2.87. The summed E-state index contributed by atoms with van der Waals surface area (Å²) < 4.78 is 7.39. The van der Waals surface area contributed by atoms with Crippen molar-refractivity contribution in [3.8, 4) is 17.0 Å². The van der Waals surface area contributed by atoms with Gasteiger partial charge >= 0.3 is 0 Å². The van der Waals surface area contributed by atoms with E-state index < -0.39 is 0 Å². The van der Waals surface area contributed by atoms with Crippen LogP contribution in [-0.4, -0.2) is 16.5 Å². The topological polar surface area (TPSA) is 52.5 Å². The first-order chi connectivity index (χ1) is 10.2. The van der Waals surface area contributed by atoms with Gasteiger partial charge in [-0.25, -0.2) is 4.98 Å². The minimum atomic E-state index is 0.369. The first-order valence-corrected chi connectivity index (χ1v) is 7.04. The van der Waals surface area contributed by atoms with Crippen molar-refractivity contribution in [2.24, 2.45) is 5.73 Å². The molecule has 0 aliphatic carbocycles. The van der Waals surface area contributed by atoms with Crippen LogP contribution >= 0.6 is 11.6 Å². The van der Waals surface area contributed by atoms with Gasteiger partial charge < -0.3 is 14.9 Å². The molecule has 0 aliphatic rings. The first kappa shape index (κ1) is 13.9. The summed E-state index contributed by atoms with van der Waals surface area (Å²) in [7, 11) is 1.65. The zero-order chi connectivity index (χ0) is 15.0. The second-order valence-corrected chi connectivity index (χ2v) is 5.27. The van der Waals surface area contributed by atoms with Crippen molar-refractivity contribution in [2.75, 3.05) is 7.11 Å². The predicted octanol–water partition coefficient (Wildman–Crippen LogP) is 3.43. The van der Waals surface area contributed by atoms with E-state index in [1.165, 1.54) is 0 Å². The molecule has 0 atom stereocenters. The normalized spacial score (nSPS) is 11.0. The predicted molar refractivity (Wildman–Crippen MR) is 84.8 cm³/mol. The third kappa shape index (κ3) is 2.26. The Bertz CT molecular complexity index is 811. The number of nitrogens with two attached hydrogens (primary N) is 1. The zero-order valence-electron chi connectivity index (χ0n) is 11.9. The summed E-state index contributed by atoms with van der Waals surface area (Å²) >= 11 is 6.24. The molecule has 4 nitrogen and oxygen atoms in total. The molecule has 0 saturated carbocycles. The minimum absolute atomic E-state index is 0.369. The van der Waals surface area contributed by atoms with Gasteiger partial charge in [0.25, 0.3) is 0 Å². The number of benzene rings is 1. The highest BCUT2D eigenvalue weighted by atomic mass is 35.5. The molecule has 0 radical (unpaired) electrons. The Balaban J connectivity index is 2.35. The van der Waals surface area contributed by atoms with E-state index in [-0.39, 0.29) is 0 Å². The number of methoxy groups -OCH3 is 1. The molecule has 0 aliphatic heterocycles. The Morgan fingerprint density at radius 1 is 1.33 bits per heavy atom. The van der Waals surface area contributed by atoms with Crippen molar-refractivity contribution in [3.63, 3.8) is 0 Å².